The summed E-state index contributed by atoms with van der Waals surface area (Å²) in [6, 6.07) is 3.72. The number of anilines is 2. The van der Waals surface area contributed by atoms with Gasteiger partial charge in [-0.2, -0.15) is 10.1 Å². The highest BCUT2D eigenvalue weighted by atomic mass is 19.1. The molecule has 4 rings (SSSR count). The maximum absolute atomic E-state index is 14.9. The number of H-pyrrole nitrogens is 1. The highest BCUT2D eigenvalue weighted by molar-refractivity contribution is 5.89. The number of hydrogen-bond donors (Lipinski definition) is 2. The number of aromatic amines is 1. The van der Waals surface area contributed by atoms with Crippen LogP contribution in [-0.2, 0) is 9.47 Å². The first-order chi connectivity index (χ1) is 16.5. The fourth-order valence-corrected chi connectivity index (χ4v) is 4.00. The molecule has 1 aliphatic heterocycles. The SMILES string of the molecule is C[C@H](Nc1ncc(F)c(N2C(=O)OC[C@@H]2[C@@H](C)OC(C)(C)C)n1)c1ccc(-c2cn[nH]c2)cc1F. The molecular weight excluding hydrogens is 458 g/mol. The van der Waals surface area contributed by atoms with Crippen LogP contribution < -0.4 is 10.2 Å². The Bertz CT molecular complexity index is 1200. The van der Waals surface area contributed by atoms with Crippen molar-refractivity contribution in [1.82, 2.24) is 20.2 Å². The highest BCUT2D eigenvalue weighted by Gasteiger charge is 2.41. The van der Waals surface area contributed by atoms with Gasteiger partial charge in [0.1, 0.15) is 18.5 Å². The van der Waals surface area contributed by atoms with Crippen molar-refractivity contribution in [1.29, 1.82) is 0 Å². The summed E-state index contributed by atoms with van der Waals surface area (Å²) in [7, 11) is 0. The Morgan fingerprint density at radius 1 is 1.20 bits per heavy atom. The molecule has 3 aromatic rings. The Hall–Kier alpha value is -3.60. The monoisotopic (exact) mass is 486 g/mol. The van der Waals surface area contributed by atoms with E-state index in [9.17, 15) is 13.6 Å². The molecule has 3 heterocycles. The molecule has 2 N–H and O–H groups in total. The number of nitrogens with zero attached hydrogens (tertiary/aromatic N) is 4. The Morgan fingerprint density at radius 2 is 1.97 bits per heavy atom. The third kappa shape index (κ3) is 5.40. The molecule has 1 saturated heterocycles. The topological polar surface area (TPSA) is 105 Å². The van der Waals surface area contributed by atoms with Gasteiger partial charge in [0.05, 0.1) is 30.1 Å². The fraction of sp³-hybridized carbons (Fsp3) is 0.417. The van der Waals surface area contributed by atoms with Gasteiger partial charge in [-0.15, -0.1) is 0 Å². The number of halogens is 2. The second-order valence-corrected chi connectivity index (χ2v) is 9.40. The number of carbonyl (C=O) groups is 1. The molecule has 0 radical (unpaired) electrons. The molecule has 3 atom stereocenters. The van der Waals surface area contributed by atoms with Crippen LogP contribution in [0.3, 0.4) is 0 Å². The van der Waals surface area contributed by atoms with E-state index in [0.29, 0.717) is 11.1 Å². The largest absolute Gasteiger partial charge is 0.447 e. The van der Waals surface area contributed by atoms with Gasteiger partial charge in [0.25, 0.3) is 0 Å². The third-order valence-electron chi connectivity index (χ3n) is 5.59. The lowest BCUT2D eigenvalue weighted by Gasteiger charge is -2.31. The van der Waals surface area contributed by atoms with Crippen molar-refractivity contribution in [2.24, 2.45) is 0 Å². The summed E-state index contributed by atoms with van der Waals surface area (Å²) in [6.07, 6.45) is 3.07. The van der Waals surface area contributed by atoms with Crippen molar-refractivity contribution in [3.05, 3.63) is 54.0 Å². The normalized spacial score (nSPS) is 17.9. The molecular formula is C24H28F2N6O3. The molecule has 0 bridgehead atoms. The number of aromatic nitrogens is 4. The van der Waals surface area contributed by atoms with Crippen LogP contribution in [0.5, 0.6) is 0 Å². The van der Waals surface area contributed by atoms with E-state index in [4.69, 9.17) is 9.47 Å². The lowest BCUT2D eigenvalue weighted by molar-refractivity contribution is -0.0618. The number of cyclic esters (lactones) is 1. The molecule has 1 amide bonds. The van der Waals surface area contributed by atoms with Crippen LogP contribution in [0.25, 0.3) is 11.1 Å². The van der Waals surface area contributed by atoms with E-state index in [1.807, 2.05) is 20.8 Å². The molecule has 11 heteroatoms. The molecule has 2 aromatic heterocycles. The molecule has 0 aliphatic carbocycles. The predicted molar refractivity (Wildman–Crippen MR) is 126 cm³/mol. The fourth-order valence-electron chi connectivity index (χ4n) is 4.00. The Labute approximate surface area is 201 Å². The zero-order chi connectivity index (χ0) is 25.3. The van der Waals surface area contributed by atoms with Crippen molar-refractivity contribution in [2.75, 3.05) is 16.8 Å². The van der Waals surface area contributed by atoms with E-state index in [1.54, 1.807) is 38.4 Å². The Morgan fingerprint density at radius 3 is 2.63 bits per heavy atom. The van der Waals surface area contributed by atoms with Gasteiger partial charge in [-0.1, -0.05) is 12.1 Å². The minimum Gasteiger partial charge on any atom is -0.447 e. The van der Waals surface area contributed by atoms with Crippen molar-refractivity contribution in [2.45, 2.75) is 58.4 Å². The van der Waals surface area contributed by atoms with Crippen molar-refractivity contribution in [3.8, 4) is 11.1 Å². The molecule has 186 valence electrons. The zero-order valence-electron chi connectivity index (χ0n) is 20.2. The number of amides is 1. The van der Waals surface area contributed by atoms with E-state index >= 15 is 0 Å². The second kappa shape index (κ2) is 9.57. The van der Waals surface area contributed by atoms with Crippen LogP contribution >= 0.6 is 0 Å². The zero-order valence-corrected chi connectivity index (χ0v) is 20.2. The smallest absolute Gasteiger partial charge is 0.416 e. The Kier molecular flexibility index (Phi) is 6.70. The molecule has 9 nitrogen and oxygen atoms in total. The summed E-state index contributed by atoms with van der Waals surface area (Å²) in [5.74, 6) is -1.41. The standard InChI is InChI=1S/C24H28F2N6O3/c1-13(17-7-6-15(8-18(17)25)16-9-28-29-10-16)30-22-27-11-19(26)21(31-22)32-20(12-34-23(32)33)14(2)35-24(3,4)5/h6-11,13-14,20H,12H2,1-5H3,(H,28,29)(H,27,30,31)/t13-,14+,20+/m0/s1. The van der Waals surface area contributed by atoms with Gasteiger partial charge < -0.3 is 14.8 Å². The number of ether oxygens (including phenoxy) is 2. The van der Waals surface area contributed by atoms with Crippen LogP contribution in [0.15, 0.2) is 36.8 Å². The average molecular weight is 487 g/mol. The Balaban J connectivity index is 1.56. The summed E-state index contributed by atoms with van der Waals surface area (Å²) in [4.78, 5) is 21.8. The summed E-state index contributed by atoms with van der Waals surface area (Å²) >= 11 is 0. The molecule has 0 spiro atoms. The first-order valence-electron chi connectivity index (χ1n) is 11.2. The number of rotatable bonds is 7. The third-order valence-corrected chi connectivity index (χ3v) is 5.59. The summed E-state index contributed by atoms with van der Waals surface area (Å²) in [5, 5.41) is 9.56. The lowest BCUT2D eigenvalue weighted by Crippen LogP contribution is -2.45. The van der Waals surface area contributed by atoms with Gasteiger partial charge in [0.15, 0.2) is 11.6 Å². The second-order valence-electron chi connectivity index (χ2n) is 9.40. The van der Waals surface area contributed by atoms with Crippen LogP contribution in [-0.4, -0.2) is 50.6 Å². The first-order valence-corrected chi connectivity index (χ1v) is 11.2. The molecule has 0 unspecified atom stereocenters. The van der Waals surface area contributed by atoms with E-state index < -0.39 is 41.5 Å². The van der Waals surface area contributed by atoms with Gasteiger partial charge in [-0.3, -0.25) is 5.10 Å². The van der Waals surface area contributed by atoms with Gasteiger partial charge >= 0.3 is 6.09 Å². The maximum atomic E-state index is 14.9. The van der Waals surface area contributed by atoms with Crippen LogP contribution in [0.1, 0.15) is 46.2 Å². The summed E-state index contributed by atoms with van der Waals surface area (Å²) in [6.45, 7) is 9.23. The molecule has 0 saturated carbocycles. The quantitative estimate of drug-likeness (QED) is 0.492. The van der Waals surface area contributed by atoms with Gasteiger partial charge in [0.2, 0.25) is 5.95 Å². The lowest BCUT2D eigenvalue weighted by atomic mass is 10.0. The minimum atomic E-state index is -0.786. The average Bonchev–Trinajstić information content (AvgIpc) is 3.44. The highest BCUT2D eigenvalue weighted by Crippen LogP contribution is 2.30. The van der Waals surface area contributed by atoms with Crippen LogP contribution in [0, 0.1) is 11.6 Å². The molecule has 1 aromatic carbocycles. The predicted octanol–water partition coefficient (Wildman–Crippen LogP) is 4.85. The number of carbonyl (C=O) groups excluding carboxylic acids is 1. The van der Waals surface area contributed by atoms with E-state index in [0.717, 1.165) is 16.7 Å². The van der Waals surface area contributed by atoms with Crippen molar-refractivity contribution >= 4 is 17.9 Å². The van der Waals surface area contributed by atoms with E-state index in [-0.39, 0.29) is 18.4 Å². The number of hydrogen-bond acceptors (Lipinski definition) is 7. The van der Waals surface area contributed by atoms with Gasteiger partial charge in [-0.25, -0.2) is 23.5 Å². The molecule has 1 fully saturated rings. The van der Waals surface area contributed by atoms with Crippen LogP contribution in [0.2, 0.25) is 0 Å². The number of benzene rings is 1. The molecule has 35 heavy (non-hydrogen) atoms. The van der Waals surface area contributed by atoms with Crippen molar-refractivity contribution < 1.29 is 23.0 Å². The minimum absolute atomic E-state index is 0.0346. The maximum Gasteiger partial charge on any atom is 0.416 e. The van der Waals surface area contributed by atoms with Gasteiger partial charge in [0, 0.05) is 17.3 Å². The van der Waals surface area contributed by atoms with Crippen LogP contribution in [0.4, 0.5) is 25.3 Å². The summed E-state index contributed by atoms with van der Waals surface area (Å²) < 4.78 is 40.8. The first kappa shape index (κ1) is 24.5. The molecule has 1 aliphatic rings. The van der Waals surface area contributed by atoms with Gasteiger partial charge in [-0.05, 0) is 46.2 Å². The van der Waals surface area contributed by atoms with Crippen molar-refractivity contribution in [3.63, 3.8) is 0 Å². The number of nitrogens with one attached hydrogen (secondary N) is 2. The van der Waals surface area contributed by atoms with E-state index in [1.165, 1.54) is 6.07 Å². The summed E-state index contributed by atoms with van der Waals surface area (Å²) in [5.41, 5.74) is 1.34. The van der Waals surface area contributed by atoms with E-state index in [2.05, 4.69) is 25.5 Å².